The number of hydrogen-bond acceptors (Lipinski definition) is 5. The summed E-state index contributed by atoms with van der Waals surface area (Å²) in [5.74, 6) is 1.78. The van der Waals surface area contributed by atoms with Crippen molar-refractivity contribution in [2.45, 2.75) is 39.2 Å². The molecule has 1 saturated heterocycles. The first-order valence-electron chi connectivity index (χ1n) is 6.98. The predicted octanol–water partition coefficient (Wildman–Crippen LogP) is 0.980. The van der Waals surface area contributed by atoms with Crippen LogP contribution in [0.4, 0.5) is 0 Å². The molecular weight excluding hydrogens is 244 g/mol. The monoisotopic (exact) mass is 266 g/mol. The minimum Gasteiger partial charge on any atom is -0.359 e. The Bertz CT molecular complexity index is 411. The molecule has 106 valence electrons. The molecule has 0 spiro atoms. The van der Waals surface area contributed by atoms with Crippen molar-refractivity contribution < 1.29 is 9.32 Å². The number of aromatic nitrogens is 2. The molecule has 1 N–H and O–H groups in total. The summed E-state index contributed by atoms with van der Waals surface area (Å²) in [7, 11) is 1.70. The molecule has 0 bridgehead atoms. The van der Waals surface area contributed by atoms with Gasteiger partial charge in [0.25, 0.3) is 0 Å². The molecule has 0 unspecified atom stereocenters. The lowest BCUT2D eigenvalue weighted by Gasteiger charge is -2.29. The number of likely N-dealkylation sites (tertiary alicyclic amines) is 1. The van der Waals surface area contributed by atoms with E-state index in [9.17, 15) is 4.79 Å². The third-order valence-electron chi connectivity index (χ3n) is 3.55. The van der Waals surface area contributed by atoms with E-state index in [1.165, 1.54) is 0 Å². The van der Waals surface area contributed by atoms with Crippen molar-refractivity contribution in [2.75, 3.05) is 20.1 Å². The minimum absolute atomic E-state index is 0.152. The number of hydrogen-bond donors (Lipinski definition) is 1. The number of carbonyl (C=O) groups is 1. The van der Waals surface area contributed by atoms with Gasteiger partial charge in [-0.15, -0.1) is 0 Å². The highest BCUT2D eigenvalue weighted by Crippen LogP contribution is 2.18. The van der Waals surface area contributed by atoms with Crippen molar-refractivity contribution in [2.24, 2.45) is 5.92 Å². The Morgan fingerprint density at radius 2 is 2.21 bits per heavy atom. The van der Waals surface area contributed by atoms with Crippen LogP contribution in [0.15, 0.2) is 4.52 Å². The van der Waals surface area contributed by atoms with E-state index in [0.717, 1.165) is 44.6 Å². The van der Waals surface area contributed by atoms with E-state index in [1.807, 2.05) is 0 Å². The smallest absolute Gasteiger partial charge is 0.240 e. The molecule has 1 aliphatic rings. The zero-order chi connectivity index (χ0) is 13.7. The van der Waals surface area contributed by atoms with E-state index in [0.29, 0.717) is 12.4 Å². The van der Waals surface area contributed by atoms with Gasteiger partial charge in [0.1, 0.15) is 0 Å². The van der Waals surface area contributed by atoms with Crippen LogP contribution in [0.3, 0.4) is 0 Å². The number of nitrogens with zero attached hydrogens (tertiary/aromatic N) is 3. The Labute approximate surface area is 113 Å². The normalized spacial score (nSPS) is 17.6. The molecule has 1 fully saturated rings. The summed E-state index contributed by atoms with van der Waals surface area (Å²) >= 11 is 0. The number of nitrogens with one attached hydrogen (secondary N) is 1. The highest BCUT2D eigenvalue weighted by Gasteiger charge is 2.25. The highest BCUT2D eigenvalue weighted by atomic mass is 16.5. The fourth-order valence-corrected chi connectivity index (χ4v) is 2.43. The average Bonchev–Trinajstić information content (AvgIpc) is 2.86. The summed E-state index contributed by atoms with van der Waals surface area (Å²) in [6.07, 6.45) is 3.68. The standard InChI is InChI=1S/C13H22N4O2/c1-3-4-11-15-12(19-16-11)9-17-7-5-10(6-8-17)13(18)14-2/h10H,3-9H2,1-2H3,(H,14,18). The van der Waals surface area contributed by atoms with E-state index < -0.39 is 0 Å². The van der Waals surface area contributed by atoms with Crippen molar-refractivity contribution in [3.63, 3.8) is 0 Å². The van der Waals surface area contributed by atoms with E-state index in [4.69, 9.17) is 4.52 Å². The van der Waals surface area contributed by atoms with Crippen LogP contribution in [-0.4, -0.2) is 41.1 Å². The SMILES string of the molecule is CCCc1noc(CN2CCC(C(=O)NC)CC2)n1. The van der Waals surface area contributed by atoms with Crippen molar-refractivity contribution in [3.8, 4) is 0 Å². The van der Waals surface area contributed by atoms with E-state index >= 15 is 0 Å². The number of aryl methyl sites for hydroxylation is 1. The summed E-state index contributed by atoms with van der Waals surface area (Å²) in [4.78, 5) is 18.2. The van der Waals surface area contributed by atoms with Gasteiger partial charge in [0.2, 0.25) is 11.8 Å². The van der Waals surface area contributed by atoms with Gasteiger partial charge in [0.15, 0.2) is 5.82 Å². The molecule has 0 atom stereocenters. The largest absolute Gasteiger partial charge is 0.359 e. The van der Waals surface area contributed by atoms with Crippen LogP contribution in [0.1, 0.15) is 37.9 Å². The van der Waals surface area contributed by atoms with Crippen LogP contribution in [0.5, 0.6) is 0 Å². The third kappa shape index (κ3) is 3.76. The summed E-state index contributed by atoms with van der Waals surface area (Å²) in [6.45, 7) is 4.60. The Morgan fingerprint density at radius 3 is 2.84 bits per heavy atom. The highest BCUT2D eigenvalue weighted by molar-refractivity contribution is 5.78. The van der Waals surface area contributed by atoms with Crippen LogP contribution < -0.4 is 5.32 Å². The molecule has 19 heavy (non-hydrogen) atoms. The van der Waals surface area contributed by atoms with Crippen LogP contribution in [0.2, 0.25) is 0 Å². The maximum atomic E-state index is 11.5. The van der Waals surface area contributed by atoms with Crippen LogP contribution >= 0.6 is 0 Å². The lowest BCUT2D eigenvalue weighted by molar-refractivity contribution is -0.125. The maximum Gasteiger partial charge on any atom is 0.240 e. The van der Waals surface area contributed by atoms with Gasteiger partial charge in [-0.25, -0.2) is 0 Å². The van der Waals surface area contributed by atoms with Crippen molar-refractivity contribution in [1.82, 2.24) is 20.4 Å². The topological polar surface area (TPSA) is 71.3 Å². The summed E-state index contributed by atoms with van der Waals surface area (Å²) in [5, 5.41) is 6.67. The van der Waals surface area contributed by atoms with E-state index in [-0.39, 0.29) is 11.8 Å². The summed E-state index contributed by atoms with van der Waals surface area (Å²) < 4.78 is 5.23. The molecular formula is C13H22N4O2. The first-order valence-corrected chi connectivity index (χ1v) is 6.98. The molecule has 0 saturated carbocycles. The van der Waals surface area contributed by atoms with Gasteiger partial charge in [0, 0.05) is 19.4 Å². The molecule has 1 aromatic heterocycles. The van der Waals surface area contributed by atoms with Gasteiger partial charge in [-0.2, -0.15) is 4.98 Å². The molecule has 1 aromatic rings. The second kappa shape index (κ2) is 6.65. The average molecular weight is 266 g/mol. The molecule has 0 aliphatic carbocycles. The van der Waals surface area contributed by atoms with Gasteiger partial charge in [-0.3, -0.25) is 9.69 Å². The Kier molecular flexibility index (Phi) is 4.90. The van der Waals surface area contributed by atoms with Gasteiger partial charge < -0.3 is 9.84 Å². The minimum atomic E-state index is 0.152. The molecule has 2 rings (SSSR count). The first-order chi connectivity index (χ1) is 9.22. The van der Waals surface area contributed by atoms with Crippen molar-refractivity contribution in [3.05, 3.63) is 11.7 Å². The maximum absolute atomic E-state index is 11.5. The van der Waals surface area contributed by atoms with Gasteiger partial charge in [-0.05, 0) is 32.4 Å². The first kappa shape index (κ1) is 14.0. The fourth-order valence-electron chi connectivity index (χ4n) is 2.43. The molecule has 1 aliphatic heterocycles. The Balaban J connectivity index is 1.80. The number of amides is 1. The third-order valence-corrected chi connectivity index (χ3v) is 3.55. The molecule has 6 heteroatoms. The second-order valence-corrected chi connectivity index (χ2v) is 5.02. The Morgan fingerprint density at radius 1 is 1.47 bits per heavy atom. The summed E-state index contributed by atoms with van der Waals surface area (Å²) in [6, 6.07) is 0. The quantitative estimate of drug-likeness (QED) is 0.860. The molecule has 0 radical (unpaired) electrons. The van der Waals surface area contributed by atoms with E-state index in [1.54, 1.807) is 7.05 Å². The predicted molar refractivity (Wildman–Crippen MR) is 70.4 cm³/mol. The van der Waals surface area contributed by atoms with Crippen LogP contribution in [0.25, 0.3) is 0 Å². The molecule has 6 nitrogen and oxygen atoms in total. The van der Waals surface area contributed by atoms with E-state index in [2.05, 4.69) is 27.3 Å². The fraction of sp³-hybridized carbons (Fsp3) is 0.769. The van der Waals surface area contributed by atoms with Crippen molar-refractivity contribution >= 4 is 5.91 Å². The van der Waals surface area contributed by atoms with Gasteiger partial charge in [0.05, 0.1) is 6.54 Å². The number of carbonyl (C=O) groups excluding carboxylic acids is 1. The lowest BCUT2D eigenvalue weighted by atomic mass is 9.96. The van der Waals surface area contributed by atoms with Crippen LogP contribution in [0, 0.1) is 5.92 Å². The van der Waals surface area contributed by atoms with Gasteiger partial charge in [-0.1, -0.05) is 12.1 Å². The lowest BCUT2D eigenvalue weighted by Crippen LogP contribution is -2.39. The second-order valence-electron chi connectivity index (χ2n) is 5.02. The van der Waals surface area contributed by atoms with Crippen molar-refractivity contribution in [1.29, 1.82) is 0 Å². The zero-order valence-corrected chi connectivity index (χ0v) is 11.7. The van der Waals surface area contributed by atoms with Gasteiger partial charge >= 0.3 is 0 Å². The molecule has 0 aromatic carbocycles. The molecule has 2 heterocycles. The Hall–Kier alpha value is -1.43. The number of piperidine rings is 1. The zero-order valence-electron chi connectivity index (χ0n) is 11.7. The summed E-state index contributed by atoms with van der Waals surface area (Å²) in [5.41, 5.74) is 0. The number of rotatable bonds is 5. The molecule has 1 amide bonds. The van der Waals surface area contributed by atoms with Crippen LogP contribution in [-0.2, 0) is 17.8 Å².